The lowest BCUT2D eigenvalue weighted by atomic mass is 10.1. The summed E-state index contributed by atoms with van der Waals surface area (Å²) in [5.74, 6) is -0.954. The van der Waals surface area contributed by atoms with Gasteiger partial charge < -0.3 is 5.11 Å². The minimum atomic E-state index is -0.954. The number of carboxylic acid groups (broad SMARTS) is 1. The summed E-state index contributed by atoms with van der Waals surface area (Å²) in [5, 5.41) is 12.9. The van der Waals surface area contributed by atoms with Gasteiger partial charge in [0.2, 0.25) is 0 Å². The van der Waals surface area contributed by atoms with Gasteiger partial charge in [0, 0.05) is 16.7 Å². The summed E-state index contributed by atoms with van der Waals surface area (Å²) in [6, 6.07) is 4.83. The van der Waals surface area contributed by atoms with Crippen LogP contribution in [-0.4, -0.2) is 15.8 Å². The highest BCUT2D eigenvalue weighted by molar-refractivity contribution is 7.99. The molecular formula is C12H16N2O2S. The van der Waals surface area contributed by atoms with Crippen molar-refractivity contribution in [1.29, 1.82) is 0 Å². The summed E-state index contributed by atoms with van der Waals surface area (Å²) in [5.41, 5.74) is 1.74. The summed E-state index contributed by atoms with van der Waals surface area (Å²) in [7, 11) is 0. The average molecular weight is 252 g/mol. The first-order chi connectivity index (χ1) is 7.79. The molecule has 0 amide bonds. The fourth-order valence-corrected chi connectivity index (χ4v) is 1.41. The quantitative estimate of drug-likeness (QED) is 0.647. The molecule has 0 aliphatic carbocycles. The lowest BCUT2D eigenvalue weighted by molar-refractivity contribution is 0.0697. The predicted octanol–water partition coefficient (Wildman–Crippen LogP) is 4.22. The summed E-state index contributed by atoms with van der Waals surface area (Å²) < 4.78 is 4.02. The highest BCUT2D eigenvalue weighted by Crippen LogP contribution is 2.28. The van der Waals surface area contributed by atoms with E-state index in [0.717, 1.165) is 5.56 Å². The van der Waals surface area contributed by atoms with E-state index in [4.69, 9.17) is 5.11 Å². The molecule has 0 radical (unpaired) electrons. The predicted molar refractivity (Wildman–Crippen MR) is 70.0 cm³/mol. The number of carbonyl (C=O) groups is 1. The Kier molecular flexibility index (Phi) is 4.28. The van der Waals surface area contributed by atoms with Gasteiger partial charge in [-0.3, -0.25) is 0 Å². The van der Waals surface area contributed by atoms with E-state index in [2.05, 4.69) is 9.63 Å². The van der Waals surface area contributed by atoms with Crippen molar-refractivity contribution in [3.8, 4) is 0 Å². The number of carboxylic acids is 1. The van der Waals surface area contributed by atoms with E-state index >= 15 is 0 Å². The molecule has 1 rings (SSSR count). The monoisotopic (exact) mass is 252 g/mol. The van der Waals surface area contributed by atoms with E-state index in [0.29, 0.717) is 5.69 Å². The third kappa shape index (κ3) is 4.56. The molecule has 0 atom stereocenters. The van der Waals surface area contributed by atoms with Crippen LogP contribution in [0.2, 0.25) is 0 Å². The minimum absolute atomic E-state index is 0.00180. The van der Waals surface area contributed by atoms with Gasteiger partial charge >= 0.3 is 5.97 Å². The molecule has 0 unspecified atom stereocenters. The van der Waals surface area contributed by atoms with Crippen LogP contribution in [0.5, 0.6) is 0 Å². The molecule has 5 heteroatoms. The smallest absolute Gasteiger partial charge is 0.335 e. The first-order valence-corrected chi connectivity index (χ1v) is 6.00. The number of nitrogens with zero attached hydrogens (tertiary/aromatic N) is 2. The van der Waals surface area contributed by atoms with Crippen molar-refractivity contribution >= 4 is 23.6 Å². The van der Waals surface area contributed by atoms with Gasteiger partial charge in [-0.05, 0) is 45.4 Å². The lowest BCUT2D eigenvalue weighted by Gasteiger charge is -2.11. The van der Waals surface area contributed by atoms with Gasteiger partial charge in [-0.25, -0.2) is 4.79 Å². The number of hydrogen-bond donors (Lipinski definition) is 1. The lowest BCUT2D eigenvalue weighted by Crippen LogP contribution is -2.04. The van der Waals surface area contributed by atoms with E-state index in [1.54, 1.807) is 12.1 Å². The van der Waals surface area contributed by atoms with Gasteiger partial charge in [0.25, 0.3) is 0 Å². The SMILES string of the molecule is Cc1ccc(C(=O)O)cc1/N=N/SC(C)(C)C. The molecule has 0 heterocycles. The van der Waals surface area contributed by atoms with E-state index in [9.17, 15) is 4.79 Å². The van der Waals surface area contributed by atoms with Crippen LogP contribution in [0.3, 0.4) is 0 Å². The van der Waals surface area contributed by atoms with Crippen molar-refractivity contribution in [2.24, 2.45) is 9.63 Å². The van der Waals surface area contributed by atoms with Crippen LogP contribution >= 0.6 is 11.9 Å². The fraction of sp³-hybridized carbons (Fsp3) is 0.417. The molecule has 0 fully saturated rings. The van der Waals surface area contributed by atoms with Crippen LogP contribution in [0.1, 0.15) is 36.7 Å². The third-order valence-electron chi connectivity index (χ3n) is 1.92. The molecule has 0 spiro atoms. The Morgan fingerprint density at radius 1 is 1.35 bits per heavy atom. The van der Waals surface area contributed by atoms with Gasteiger partial charge in [-0.1, -0.05) is 6.07 Å². The van der Waals surface area contributed by atoms with Crippen LogP contribution in [0.25, 0.3) is 0 Å². The van der Waals surface area contributed by atoms with Crippen molar-refractivity contribution in [3.05, 3.63) is 29.3 Å². The maximum absolute atomic E-state index is 10.8. The Hall–Kier alpha value is -1.36. The molecule has 0 aromatic heterocycles. The summed E-state index contributed by atoms with van der Waals surface area (Å²) in [6.45, 7) is 7.99. The number of hydrogen-bond acceptors (Lipinski definition) is 4. The number of aromatic carboxylic acids is 1. The Balaban J connectivity index is 2.90. The normalized spacial score (nSPS) is 12.0. The molecule has 0 aliphatic heterocycles. The Labute approximate surface area is 105 Å². The van der Waals surface area contributed by atoms with E-state index < -0.39 is 5.97 Å². The van der Waals surface area contributed by atoms with Gasteiger partial charge in [0.05, 0.1) is 11.3 Å². The first kappa shape index (κ1) is 13.7. The molecular weight excluding hydrogens is 236 g/mol. The zero-order chi connectivity index (χ0) is 13.1. The zero-order valence-electron chi connectivity index (χ0n) is 10.4. The van der Waals surface area contributed by atoms with Gasteiger partial charge in [-0.2, -0.15) is 0 Å². The maximum Gasteiger partial charge on any atom is 0.335 e. The molecule has 0 saturated carbocycles. The van der Waals surface area contributed by atoms with Gasteiger partial charge in [-0.15, -0.1) is 9.63 Å². The Bertz CT molecular complexity index is 450. The standard InChI is InChI=1S/C12H16N2O2S/c1-8-5-6-9(11(15)16)7-10(8)13-14-17-12(2,3)4/h5-7H,1-4H3,(H,15,16)/b14-13+. The molecule has 17 heavy (non-hydrogen) atoms. The topological polar surface area (TPSA) is 62.0 Å². The molecule has 1 aromatic carbocycles. The molecule has 0 saturated heterocycles. The summed E-state index contributed by atoms with van der Waals surface area (Å²) in [6.07, 6.45) is 0. The van der Waals surface area contributed by atoms with Crippen LogP contribution in [-0.2, 0) is 0 Å². The molecule has 1 aromatic rings. The fourth-order valence-electron chi connectivity index (χ4n) is 1.04. The zero-order valence-corrected chi connectivity index (χ0v) is 11.2. The Morgan fingerprint density at radius 2 is 2.00 bits per heavy atom. The van der Waals surface area contributed by atoms with E-state index in [1.165, 1.54) is 18.0 Å². The van der Waals surface area contributed by atoms with E-state index in [-0.39, 0.29) is 10.3 Å². The summed E-state index contributed by atoms with van der Waals surface area (Å²) in [4.78, 5) is 10.8. The van der Waals surface area contributed by atoms with Crippen molar-refractivity contribution in [1.82, 2.24) is 0 Å². The van der Waals surface area contributed by atoms with Crippen molar-refractivity contribution < 1.29 is 9.90 Å². The number of rotatable bonds is 3. The highest BCUT2D eigenvalue weighted by atomic mass is 32.2. The van der Waals surface area contributed by atoms with Crippen molar-refractivity contribution in [3.63, 3.8) is 0 Å². The minimum Gasteiger partial charge on any atom is -0.478 e. The molecule has 1 N–H and O–H groups in total. The van der Waals surface area contributed by atoms with Crippen molar-refractivity contribution in [2.75, 3.05) is 0 Å². The van der Waals surface area contributed by atoms with Gasteiger partial charge in [0.15, 0.2) is 0 Å². The molecule has 92 valence electrons. The third-order valence-corrected chi connectivity index (χ3v) is 2.63. The van der Waals surface area contributed by atoms with Crippen LogP contribution < -0.4 is 0 Å². The van der Waals surface area contributed by atoms with Crippen LogP contribution in [0.4, 0.5) is 5.69 Å². The van der Waals surface area contributed by atoms with E-state index in [1.807, 2.05) is 27.7 Å². The Morgan fingerprint density at radius 3 is 2.53 bits per heavy atom. The van der Waals surface area contributed by atoms with Crippen molar-refractivity contribution in [2.45, 2.75) is 32.4 Å². The van der Waals surface area contributed by atoms with Crippen LogP contribution in [0.15, 0.2) is 27.8 Å². The molecule has 0 aliphatic rings. The first-order valence-electron chi connectivity index (χ1n) is 5.23. The number of aryl methyl sites for hydroxylation is 1. The second-order valence-corrected chi connectivity index (χ2v) is 6.26. The second-order valence-electron chi connectivity index (χ2n) is 4.69. The molecule has 0 bridgehead atoms. The molecule has 4 nitrogen and oxygen atoms in total. The van der Waals surface area contributed by atoms with Gasteiger partial charge in [0.1, 0.15) is 0 Å². The average Bonchev–Trinajstić information content (AvgIpc) is 2.18. The highest BCUT2D eigenvalue weighted by Gasteiger charge is 2.10. The summed E-state index contributed by atoms with van der Waals surface area (Å²) >= 11 is 1.36. The van der Waals surface area contributed by atoms with Crippen LogP contribution in [0, 0.1) is 6.92 Å². The number of benzene rings is 1. The maximum atomic E-state index is 10.8. The second kappa shape index (κ2) is 5.31. The largest absolute Gasteiger partial charge is 0.478 e.